The van der Waals surface area contributed by atoms with Gasteiger partial charge in [-0.2, -0.15) is 0 Å². The number of rotatable bonds is 5. The molecule has 0 unspecified atom stereocenters. The maximum Gasteiger partial charge on any atom is 0.257 e. The summed E-state index contributed by atoms with van der Waals surface area (Å²) in [5.41, 5.74) is 1.76. The maximum atomic E-state index is 12.3. The maximum absolute atomic E-state index is 12.3. The minimum atomic E-state index is -0.257. The van der Waals surface area contributed by atoms with Gasteiger partial charge in [0.15, 0.2) is 0 Å². The van der Waals surface area contributed by atoms with Gasteiger partial charge in [0.2, 0.25) is 5.88 Å². The van der Waals surface area contributed by atoms with Gasteiger partial charge in [0, 0.05) is 23.8 Å². The van der Waals surface area contributed by atoms with Crippen LogP contribution in [-0.2, 0) is 0 Å². The molecule has 1 aromatic heterocycles. The molecule has 0 atom stereocenters. The van der Waals surface area contributed by atoms with Crippen molar-refractivity contribution >= 4 is 28.9 Å². The minimum Gasteiger partial charge on any atom is -0.478 e. The Hall–Kier alpha value is -2.27. The molecule has 1 amide bonds. The van der Waals surface area contributed by atoms with E-state index in [-0.39, 0.29) is 5.91 Å². The second-order valence-corrected chi connectivity index (χ2v) is 4.65. The van der Waals surface area contributed by atoms with Crippen molar-refractivity contribution in [2.75, 3.05) is 24.3 Å². The number of amides is 1. The van der Waals surface area contributed by atoms with Gasteiger partial charge in [0.25, 0.3) is 5.91 Å². The zero-order valence-corrected chi connectivity index (χ0v) is 12.6. The van der Waals surface area contributed by atoms with E-state index < -0.39 is 0 Å². The lowest BCUT2D eigenvalue weighted by atomic mass is 10.1. The molecule has 2 rings (SSSR count). The fourth-order valence-corrected chi connectivity index (χ4v) is 1.98. The number of nitrogens with one attached hydrogen (secondary N) is 2. The molecule has 0 saturated carbocycles. The molecule has 0 aliphatic rings. The van der Waals surface area contributed by atoms with Crippen LogP contribution in [0.25, 0.3) is 0 Å². The van der Waals surface area contributed by atoms with E-state index in [0.717, 1.165) is 0 Å². The molecule has 2 aromatic rings. The second kappa shape index (κ2) is 6.95. The standard InChI is InChI=1S/C15H16ClN3O2/c1-3-21-14-7-5-11(9-18-14)19-15(20)12-8-10(16)4-6-13(12)17-2/h4-9,17H,3H2,1-2H3,(H,19,20). The SMILES string of the molecule is CCOc1ccc(NC(=O)c2cc(Cl)ccc2NC)cn1. The lowest BCUT2D eigenvalue weighted by molar-refractivity contribution is 0.102. The lowest BCUT2D eigenvalue weighted by Crippen LogP contribution is -2.14. The van der Waals surface area contributed by atoms with Crippen molar-refractivity contribution in [2.45, 2.75) is 6.92 Å². The largest absolute Gasteiger partial charge is 0.478 e. The van der Waals surface area contributed by atoms with E-state index in [1.54, 1.807) is 43.6 Å². The van der Waals surface area contributed by atoms with Crippen LogP contribution >= 0.6 is 11.6 Å². The summed E-state index contributed by atoms with van der Waals surface area (Å²) in [4.78, 5) is 16.4. The highest BCUT2D eigenvalue weighted by molar-refractivity contribution is 6.31. The molecule has 6 heteroatoms. The average Bonchev–Trinajstić information content (AvgIpc) is 2.49. The molecule has 110 valence electrons. The van der Waals surface area contributed by atoms with Gasteiger partial charge in [-0.05, 0) is 31.2 Å². The highest BCUT2D eigenvalue weighted by atomic mass is 35.5. The second-order valence-electron chi connectivity index (χ2n) is 4.21. The van der Waals surface area contributed by atoms with E-state index in [1.807, 2.05) is 6.92 Å². The molecule has 0 spiro atoms. The van der Waals surface area contributed by atoms with E-state index >= 15 is 0 Å². The topological polar surface area (TPSA) is 63.2 Å². The van der Waals surface area contributed by atoms with Crippen LogP contribution in [0.4, 0.5) is 11.4 Å². The zero-order chi connectivity index (χ0) is 15.2. The number of hydrogen-bond acceptors (Lipinski definition) is 4. The summed E-state index contributed by atoms with van der Waals surface area (Å²) in [5.74, 6) is 0.266. The normalized spacial score (nSPS) is 10.0. The first-order chi connectivity index (χ1) is 10.1. The van der Waals surface area contributed by atoms with Crippen molar-refractivity contribution in [3.05, 3.63) is 47.1 Å². The summed E-state index contributed by atoms with van der Waals surface area (Å²) in [7, 11) is 1.75. The Labute approximate surface area is 128 Å². The fourth-order valence-electron chi connectivity index (χ4n) is 1.81. The first-order valence-electron chi connectivity index (χ1n) is 6.51. The van der Waals surface area contributed by atoms with Crippen LogP contribution in [0.15, 0.2) is 36.5 Å². The molecule has 21 heavy (non-hydrogen) atoms. The molecule has 5 nitrogen and oxygen atoms in total. The monoisotopic (exact) mass is 305 g/mol. The number of carbonyl (C=O) groups is 1. The van der Waals surface area contributed by atoms with Crippen LogP contribution in [0.1, 0.15) is 17.3 Å². The van der Waals surface area contributed by atoms with Crippen molar-refractivity contribution < 1.29 is 9.53 Å². The third-order valence-electron chi connectivity index (χ3n) is 2.78. The molecule has 1 aromatic carbocycles. The predicted octanol–water partition coefficient (Wildman–Crippen LogP) is 3.43. The Morgan fingerprint density at radius 1 is 1.33 bits per heavy atom. The Bertz CT molecular complexity index is 629. The van der Waals surface area contributed by atoms with Gasteiger partial charge in [-0.3, -0.25) is 4.79 Å². The molecule has 1 heterocycles. The number of hydrogen-bond donors (Lipinski definition) is 2. The molecule has 0 aliphatic heterocycles. The highest BCUT2D eigenvalue weighted by Crippen LogP contribution is 2.22. The number of pyridine rings is 1. The van der Waals surface area contributed by atoms with Crippen molar-refractivity contribution in [3.63, 3.8) is 0 Å². The minimum absolute atomic E-state index is 0.257. The lowest BCUT2D eigenvalue weighted by Gasteiger charge is -2.10. The van der Waals surface area contributed by atoms with Crippen molar-refractivity contribution in [1.82, 2.24) is 4.98 Å². The van der Waals surface area contributed by atoms with Crippen LogP contribution < -0.4 is 15.4 Å². The Morgan fingerprint density at radius 2 is 2.14 bits per heavy atom. The zero-order valence-electron chi connectivity index (χ0n) is 11.8. The van der Waals surface area contributed by atoms with E-state index in [0.29, 0.717) is 34.4 Å². The smallest absolute Gasteiger partial charge is 0.257 e. The molecular formula is C15H16ClN3O2. The average molecular weight is 306 g/mol. The van der Waals surface area contributed by atoms with Crippen molar-refractivity contribution in [3.8, 4) is 5.88 Å². The Morgan fingerprint density at radius 3 is 2.76 bits per heavy atom. The third-order valence-corrected chi connectivity index (χ3v) is 3.02. The molecular weight excluding hydrogens is 290 g/mol. The summed E-state index contributed by atoms with van der Waals surface area (Å²) in [6, 6.07) is 8.54. The van der Waals surface area contributed by atoms with E-state index in [1.165, 1.54) is 0 Å². The van der Waals surface area contributed by atoms with Gasteiger partial charge < -0.3 is 15.4 Å². The summed E-state index contributed by atoms with van der Waals surface area (Å²) >= 11 is 5.94. The van der Waals surface area contributed by atoms with Crippen LogP contribution in [0.2, 0.25) is 5.02 Å². The van der Waals surface area contributed by atoms with E-state index in [2.05, 4.69) is 15.6 Å². The van der Waals surface area contributed by atoms with Crippen LogP contribution in [0.3, 0.4) is 0 Å². The van der Waals surface area contributed by atoms with Crippen LogP contribution in [0.5, 0.6) is 5.88 Å². The highest BCUT2D eigenvalue weighted by Gasteiger charge is 2.12. The summed E-state index contributed by atoms with van der Waals surface area (Å²) in [5, 5.41) is 6.24. The molecule has 0 aliphatic carbocycles. The molecule has 0 bridgehead atoms. The van der Waals surface area contributed by atoms with Gasteiger partial charge in [-0.25, -0.2) is 4.98 Å². The summed E-state index contributed by atoms with van der Waals surface area (Å²) < 4.78 is 5.25. The number of aromatic nitrogens is 1. The quantitative estimate of drug-likeness (QED) is 0.888. The number of ether oxygens (including phenoxy) is 1. The first-order valence-corrected chi connectivity index (χ1v) is 6.89. The number of benzene rings is 1. The first kappa shape index (κ1) is 15.1. The summed E-state index contributed by atoms with van der Waals surface area (Å²) in [6.45, 7) is 2.43. The summed E-state index contributed by atoms with van der Waals surface area (Å²) in [6.07, 6.45) is 1.55. The fraction of sp³-hybridized carbons (Fsp3) is 0.200. The van der Waals surface area contributed by atoms with E-state index in [9.17, 15) is 4.79 Å². The molecule has 0 fully saturated rings. The number of carbonyl (C=O) groups excluding carboxylic acids is 1. The van der Waals surface area contributed by atoms with Crippen LogP contribution in [-0.4, -0.2) is 24.5 Å². The van der Waals surface area contributed by atoms with E-state index in [4.69, 9.17) is 16.3 Å². The van der Waals surface area contributed by atoms with Gasteiger partial charge in [0.1, 0.15) is 0 Å². The number of halogens is 1. The van der Waals surface area contributed by atoms with Gasteiger partial charge >= 0.3 is 0 Å². The molecule has 2 N–H and O–H groups in total. The van der Waals surface area contributed by atoms with Gasteiger partial charge in [0.05, 0.1) is 24.1 Å². The van der Waals surface area contributed by atoms with Gasteiger partial charge in [-0.15, -0.1) is 0 Å². The molecule has 0 radical (unpaired) electrons. The van der Waals surface area contributed by atoms with Crippen LogP contribution in [0, 0.1) is 0 Å². The Kier molecular flexibility index (Phi) is 5.00. The third kappa shape index (κ3) is 3.86. The Balaban J connectivity index is 2.15. The van der Waals surface area contributed by atoms with Crippen molar-refractivity contribution in [2.24, 2.45) is 0 Å². The number of nitrogens with zero attached hydrogens (tertiary/aromatic N) is 1. The molecule has 0 saturated heterocycles. The van der Waals surface area contributed by atoms with Gasteiger partial charge in [-0.1, -0.05) is 11.6 Å². The predicted molar refractivity (Wildman–Crippen MR) is 84.4 cm³/mol. The van der Waals surface area contributed by atoms with Crippen molar-refractivity contribution in [1.29, 1.82) is 0 Å². The number of anilines is 2.